The average molecular weight is 247 g/mol. The predicted molar refractivity (Wildman–Crippen MR) is 61.0 cm³/mol. The van der Waals surface area contributed by atoms with Crippen molar-refractivity contribution in [1.82, 2.24) is 15.1 Å². The van der Waals surface area contributed by atoms with Crippen molar-refractivity contribution in [3.05, 3.63) is 18.0 Å². The van der Waals surface area contributed by atoms with E-state index in [-0.39, 0.29) is 0 Å². The maximum absolute atomic E-state index is 11.7. The third kappa shape index (κ3) is 5.74. The lowest BCUT2D eigenvalue weighted by molar-refractivity contribution is 0.0187. The van der Waals surface area contributed by atoms with Gasteiger partial charge in [-0.15, -0.1) is 0 Å². The first-order valence-electron chi connectivity index (χ1n) is 5.81. The van der Waals surface area contributed by atoms with E-state index >= 15 is 0 Å². The highest BCUT2D eigenvalue weighted by molar-refractivity contribution is 4.99. The molecule has 0 saturated carbocycles. The summed E-state index contributed by atoms with van der Waals surface area (Å²) in [5.41, 5.74) is 1.10. The van der Waals surface area contributed by atoms with Gasteiger partial charge in [-0.3, -0.25) is 4.68 Å². The van der Waals surface area contributed by atoms with Gasteiger partial charge in [-0.2, -0.15) is 5.10 Å². The molecule has 0 aliphatic rings. The van der Waals surface area contributed by atoms with Crippen LogP contribution in [0.2, 0.25) is 0 Å². The van der Waals surface area contributed by atoms with Crippen LogP contribution in [0.4, 0.5) is 8.78 Å². The number of aryl methyl sites for hydroxylation is 1. The molecule has 0 fully saturated rings. The lowest BCUT2D eigenvalue weighted by atomic mass is 10.4. The van der Waals surface area contributed by atoms with E-state index in [0.717, 1.165) is 18.7 Å². The van der Waals surface area contributed by atoms with Crippen LogP contribution < -0.4 is 5.32 Å². The molecule has 0 radical (unpaired) electrons. The van der Waals surface area contributed by atoms with Crippen molar-refractivity contribution in [1.29, 1.82) is 0 Å². The van der Waals surface area contributed by atoms with E-state index in [1.54, 1.807) is 6.20 Å². The number of aromatic nitrogens is 2. The molecule has 0 amide bonds. The molecule has 1 heterocycles. The molecule has 1 N–H and O–H groups in total. The van der Waals surface area contributed by atoms with E-state index in [1.165, 1.54) is 0 Å². The third-order valence-electron chi connectivity index (χ3n) is 2.21. The van der Waals surface area contributed by atoms with Crippen LogP contribution >= 0.6 is 0 Å². The molecule has 1 aromatic rings. The van der Waals surface area contributed by atoms with Gasteiger partial charge in [-0.1, -0.05) is 6.92 Å². The van der Waals surface area contributed by atoms with Gasteiger partial charge in [0.25, 0.3) is 6.43 Å². The van der Waals surface area contributed by atoms with E-state index in [1.807, 2.05) is 10.7 Å². The number of ether oxygens (including phenoxy) is 1. The van der Waals surface area contributed by atoms with Gasteiger partial charge in [-0.25, -0.2) is 8.78 Å². The van der Waals surface area contributed by atoms with Crippen molar-refractivity contribution in [3.8, 4) is 0 Å². The zero-order valence-electron chi connectivity index (χ0n) is 10.0. The third-order valence-corrected chi connectivity index (χ3v) is 2.21. The van der Waals surface area contributed by atoms with Gasteiger partial charge in [-0.05, 0) is 12.5 Å². The van der Waals surface area contributed by atoms with Crippen molar-refractivity contribution in [2.75, 3.05) is 19.8 Å². The summed E-state index contributed by atoms with van der Waals surface area (Å²) < 4.78 is 30.2. The monoisotopic (exact) mass is 247 g/mol. The minimum absolute atomic E-state index is 0.298. The van der Waals surface area contributed by atoms with Gasteiger partial charge in [0.1, 0.15) is 6.61 Å². The van der Waals surface area contributed by atoms with Crippen LogP contribution in [0, 0.1) is 0 Å². The molecule has 17 heavy (non-hydrogen) atoms. The predicted octanol–water partition coefficient (Wildman–Crippen LogP) is 1.66. The minimum atomic E-state index is -2.39. The Hall–Kier alpha value is -1.01. The maximum atomic E-state index is 11.7. The number of nitrogens with one attached hydrogen (secondary N) is 1. The normalized spacial score (nSPS) is 11.3. The lowest BCUT2D eigenvalue weighted by Crippen LogP contribution is -2.22. The summed E-state index contributed by atoms with van der Waals surface area (Å²) in [5, 5.41) is 7.32. The van der Waals surface area contributed by atoms with Crippen LogP contribution in [-0.2, 0) is 17.8 Å². The maximum Gasteiger partial charge on any atom is 0.261 e. The topological polar surface area (TPSA) is 39.1 Å². The van der Waals surface area contributed by atoms with Gasteiger partial charge >= 0.3 is 0 Å². The first kappa shape index (κ1) is 14.1. The summed E-state index contributed by atoms with van der Waals surface area (Å²) in [5.74, 6) is 0. The number of halogens is 2. The molecule has 1 rings (SSSR count). The van der Waals surface area contributed by atoms with Crippen molar-refractivity contribution < 1.29 is 13.5 Å². The Morgan fingerprint density at radius 3 is 3.06 bits per heavy atom. The Labute approximate surface area is 100.0 Å². The first-order valence-corrected chi connectivity index (χ1v) is 5.81. The largest absolute Gasteiger partial charge is 0.374 e. The summed E-state index contributed by atoms with van der Waals surface area (Å²) >= 11 is 0. The molecule has 0 aromatic carbocycles. The molecule has 0 saturated heterocycles. The molecular formula is C11H19F2N3O. The molecule has 0 aliphatic heterocycles. The second-order valence-corrected chi connectivity index (χ2v) is 3.69. The van der Waals surface area contributed by atoms with Gasteiger partial charge in [0.2, 0.25) is 0 Å². The van der Waals surface area contributed by atoms with Crippen molar-refractivity contribution >= 4 is 0 Å². The first-order chi connectivity index (χ1) is 8.24. The Bertz CT molecular complexity index is 305. The zero-order valence-corrected chi connectivity index (χ0v) is 10.0. The molecular weight excluding hydrogens is 228 g/mol. The van der Waals surface area contributed by atoms with Crippen molar-refractivity contribution in [2.45, 2.75) is 32.9 Å². The number of hydrogen-bond donors (Lipinski definition) is 1. The highest BCUT2D eigenvalue weighted by Gasteiger charge is 2.02. The van der Waals surface area contributed by atoms with Crippen LogP contribution in [0.5, 0.6) is 0 Å². The van der Waals surface area contributed by atoms with E-state index in [9.17, 15) is 8.78 Å². The fourth-order valence-corrected chi connectivity index (χ4v) is 1.46. The summed E-state index contributed by atoms with van der Waals surface area (Å²) in [6.07, 6.45) is 0.410. The van der Waals surface area contributed by atoms with Crippen LogP contribution in [0.3, 0.4) is 0 Å². The average Bonchev–Trinajstić information content (AvgIpc) is 2.71. The standard InChI is InChI=1S/C11H19F2N3O/c1-2-6-16-10(3-4-15-16)8-14-5-7-17-9-11(12)13/h3-4,11,14H,2,5-9H2,1H3. The highest BCUT2D eigenvalue weighted by atomic mass is 19.3. The molecule has 4 nitrogen and oxygen atoms in total. The van der Waals surface area contributed by atoms with Gasteiger partial charge in [0, 0.05) is 25.8 Å². The Morgan fingerprint density at radius 1 is 1.53 bits per heavy atom. The van der Waals surface area contributed by atoms with Gasteiger partial charge in [0.05, 0.1) is 12.3 Å². The Balaban J connectivity index is 2.11. The molecule has 1 aromatic heterocycles. The molecule has 98 valence electrons. The smallest absolute Gasteiger partial charge is 0.261 e. The SMILES string of the molecule is CCCn1nccc1CNCCOCC(F)F. The Morgan fingerprint density at radius 2 is 2.35 bits per heavy atom. The molecule has 0 spiro atoms. The lowest BCUT2D eigenvalue weighted by Gasteiger charge is -2.08. The van der Waals surface area contributed by atoms with Crippen LogP contribution in [0.25, 0.3) is 0 Å². The number of hydrogen-bond acceptors (Lipinski definition) is 3. The van der Waals surface area contributed by atoms with E-state index in [2.05, 4.69) is 17.3 Å². The quantitative estimate of drug-likeness (QED) is 0.675. The van der Waals surface area contributed by atoms with Crippen LogP contribution in [-0.4, -0.2) is 36.0 Å². The van der Waals surface area contributed by atoms with E-state index in [4.69, 9.17) is 4.74 Å². The van der Waals surface area contributed by atoms with Gasteiger partial charge in [0.15, 0.2) is 0 Å². The second-order valence-electron chi connectivity index (χ2n) is 3.69. The number of alkyl halides is 2. The van der Waals surface area contributed by atoms with Crippen molar-refractivity contribution in [2.24, 2.45) is 0 Å². The number of nitrogens with zero attached hydrogens (tertiary/aromatic N) is 2. The number of rotatable bonds is 9. The minimum Gasteiger partial charge on any atom is -0.374 e. The fourth-order valence-electron chi connectivity index (χ4n) is 1.46. The van der Waals surface area contributed by atoms with E-state index < -0.39 is 13.0 Å². The summed E-state index contributed by atoms with van der Waals surface area (Å²) in [6.45, 7) is 4.03. The molecule has 0 aliphatic carbocycles. The van der Waals surface area contributed by atoms with Crippen LogP contribution in [0.15, 0.2) is 12.3 Å². The van der Waals surface area contributed by atoms with Crippen molar-refractivity contribution in [3.63, 3.8) is 0 Å². The molecule has 0 atom stereocenters. The molecule has 6 heteroatoms. The summed E-state index contributed by atoms with van der Waals surface area (Å²) in [6, 6.07) is 1.95. The zero-order chi connectivity index (χ0) is 12.5. The van der Waals surface area contributed by atoms with Gasteiger partial charge < -0.3 is 10.1 Å². The molecule has 0 unspecified atom stereocenters. The molecule has 0 bridgehead atoms. The second kappa shape index (κ2) is 8.14. The summed E-state index contributed by atoms with van der Waals surface area (Å²) in [4.78, 5) is 0. The fraction of sp³-hybridized carbons (Fsp3) is 0.727. The van der Waals surface area contributed by atoms with Crippen LogP contribution in [0.1, 0.15) is 19.0 Å². The van der Waals surface area contributed by atoms with E-state index in [0.29, 0.717) is 19.7 Å². The summed E-state index contributed by atoms with van der Waals surface area (Å²) in [7, 11) is 0. The highest BCUT2D eigenvalue weighted by Crippen LogP contribution is 1.99. The Kier molecular flexibility index (Phi) is 6.73.